The average molecular weight is 832 g/mol. The molecule has 0 saturated carbocycles. The van der Waals surface area contributed by atoms with Gasteiger partial charge in [0.1, 0.15) is 24.7 Å². The summed E-state index contributed by atoms with van der Waals surface area (Å²) in [6, 6.07) is 15.3. The van der Waals surface area contributed by atoms with E-state index in [0.29, 0.717) is 12.8 Å². The number of hydrogen-bond donors (Lipinski definition) is 0. The van der Waals surface area contributed by atoms with E-state index < -0.39 is 0 Å². The molecule has 0 aliphatic carbocycles. The second-order valence-electron chi connectivity index (χ2n) is 10.3. The van der Waals surface area contributed by atoms with Gasteiger partial charge in [-0.25, -0.2) is 37.5 Å². The molecule has 0 radical (unpaired) electrons. The molecule has 252 valence electrons. The predicted octanol–water partition coefficient (Wildman–Crippen LogP) is 3.31. The standard InChI is InChI=1S/2C15H16N8.2Ag/c2*1-5-16-20(9-1)14(21-10-2-6-17-21)13-15(22-11-3-7-18-22)23-12-4-8-19-23;;/h2*1-12,14-15H,13H2;;/q;;2*+1. The third kappa shape index (κ3) is 7.99. The van der Waals surface area contributed by atoms with Gasteiger partial charge in [-0.05, 0) is 48.5 Å². The van der Waals surface area contributed by atoms with E-state index in [-0.39, 0.29) is 69.4 Å². The van der Waals surface area contributed by atoms with Crippen molar-refractivity contribution in [3.8, 4) is 0 Å². The van der Waals surface area contributed by atoms with E-state index in [1.165, 1.54) is 0 Å². The zero-order valence-corrected chi connectivity index (χ0v) is 28.3. The van der Waals surface area contributed by atoms with Crippen molar-refractivity contribution in [1.82, 2.24) is 78.2 Å². The smallest absolute Gasteiger partial charge is 0.248 e. The predicted molar refractivity (Wildman–Crippen MR) is 165 cm³/mol. The summed E-state index contributed by atoms with van der Waals surface area (Å²) in [7, 11) is 0. The van der Waals surface area contributed by atoms with Crippen molar-refractivity contribution >= 4 is 0 Å². The van der Waals surface area contributed by atoms with E-state index in [4.69, 9.17) is 0 Å². The molecule has 0 aromatic carbocycles. The molecule has 0 aliphatic rings. The number of aromatic nitrogens is 16. The van der Waals surface area contributed by atoms with Gasteiger partial charge in [-0.15, -0.1) is 0 Å². The van der Waals surface area contributed by atoms with E-state index in [2.05, 4.69) is 40.8 Å². The molecule has 8 aromatic heterocycles. The molecule has 0 bridgehead atoms. The van der Waals surface area contributed by atoms with Crippen LogP contribution in [0.15, 0.2) is 148 Å². The van der Waals surface area contributed by atoms with Crippen LogP contribution in [-0.4, -0.2) is 78.2 Å². The summed E-state index contributed by atoms with van der Waals surface area (Å²) in [4.78, 5) is 0. The van der Waals surface area contributed by atoms with Crippen molar-refractivity contribution in [2.75, 3.05) is 0 Å². The molecular formula is C30H32Ag2N16+2. The van der Waals surface area contributed by atoms with Crippen LogP contribution in [0, 0.1) is 0 Å². The van der Waals surface area contributed by atoms with Crippen molar-refractivity contribution in [2.45, 2.75) is 37.5 Å². The van der Waals surface area contributed by atoms with Gasteiger partial charge >= 0.3 is 44.8 Å². The van der Waals surface area contributed by atoms with E-state index in [1.54, 1.807) is 49.6 Å². The monoisotopic (exact) mass is 830 g/mol. The molecule has 0 N–H and O–H groups in total. The first kappa shape index (κ1) is 34.5. The Labute approximate surface area is 306 Å². The number of rotatable bonds is 12. The molecule has 0 amide bonds. The molecule has 0 atom stereocenters. The molecule has 0 unspecified atom stereocenters. The zero-order valence-electron chi connectivity index (χ0n) is 25.3. The van der Waals surface area contributed by atoms with Gasteiger partial charge in [-0.1, -0.05) is 0 Å². The molecule has 0 aliphatic heterocycles. The summed E-state index contributed by atoms with van der Waals surface area (Å²) in [6.07, 6.45) is 30.8. The molecule has 0 spiro atoms. The van der Waals surface area contributed by atoms with Gasteiger partial charge in [0.25, 0.3) is 0 Å². The van der Waals surface area contributed by atoms with Crippen LogP contribution >= 0.6 is 0 Å². The maximum atomic E-state index is 4.38. The Morgan fingerprint density at radius 3 is 0.521 bits per heavy atom. The fourth-order valence-corrected chi connectivity index (χ4v) is 5.38. The Hall–Kier alpha value is -4.84. The summed E-state index contributed by atoms with van der Waals surface area (Å²) in [5.74, 6) is 0. The Morgan fingerprint density at radius 2 is 0.417 bits per heavy atom. The van der Waals surface area contributed by atoms with Crippen molar-refractivity contribution < 1.29 is 44.8 Å². The first-order valence-electron chi connectivity index (χ1n) is 14.8. The van der Waals surface area contributed by atoms with Crippen molar-refractivity contribution in [3.63, 3.8) is 0 Å². The van der Waals surface area contributed by atoms with Crippen molar-refractivity contribution in [1.29, 1.82) is 0 Å². The summed E-state index contributed by atoms with van der Waals surface area (Å²) >= 11 is 0. The minimum atomic E-state index is -0.0709. The molecule has 8 rings (SSSR count). The quantitative estimate of drug-likeness (QED) is 0.171. The van der Waals surface area contributed by atoms with Gasteiger partial charge in [0.05, 0.1) is 0 Å². The molecule has 48 heavy (non-hydrogen) atoms. The molecule has 8 heterocycles. The van der Waals surface area contributed by atoms with Gasteiger partial charge in [-0.2, -0.15) is 40.8 Å². The summed E-state index contributed by atoms with van der Waals surface area (Å²) in [5.41, 5.74) is 0. The van der Waals surface area contributed by atoms with E-state index in [0.717, 1.165) is 0 Å². The average Bonchev–Trinajstić information content (AvgIpc) is 3.96. The molecule has 16 nitrogen and oxygen atoms in total. The van der Waals surface area contributed by atoms with E-state index in [9.17, 15) is 0 Å². The maximum absolute atomic E-state index is 4.38. The number of hydrogen-bond acceptors (Lipinski definition) is 8. The van der Waals surface area contributed by atoms with Crippen molar-refractivity contribution in [2.24, 2.45) is 0 Å². The largest absolute Gasteiger partial charge is 1.00 e. The zero-order chi connectivity index (χ0) is 31.0. The van der Waals surface area contributed by atoms with Gasteiger partial charge in [0, 0.05) is 112 Å². The summed E-state index contributed by atoms with van der Waals surface area (Å²) in [6.45, 7) is 0. The number of nitrogens with zero attached hydrogens (tertiary/aromatic N) is 16. The fraction of sp³-hybridized carbons (Fsp3) is 0.200. The van der Waals surface area contributed by atoms with Crippen LogP contribution in [0.25, 0.3) is 0 Å². The SMILES string of the molecule is [Ag+].[Ag+].c1cnn(C(CC(n2cccn2)n2cccn2)n2cccn2)c1.c1cnn(C(CC(n2cccn2)n2cccn2)n2cccn2)c1. The minimum absolute atomic E-state index is 0. The molecular weight excluding hydrogens is 800 g/mol. The van der Waals surface area contributed by atoms with Gasteiger partial charge in [0.2, 0.25) is 0 Å². The molecule has 0 fully saturated rings. The van der Waals surface area contributed by atoms with E-state index >= 15 is 0 Å². The van der Waals surface area contributed by atoms with Crippen LogP contribution in [0.2, 0.25) is 0 Å². The second kappa shape index (κ2) is 16.8. The Balaban J connectivity index is 0.000000180. The van der Waals surface area contributed by atoms with E-state index in [1.807, 2.05) is 136 Å². The maximum Gasteiger partial charge on any atom is 1.00 e. The summed E-state index contributed by atoms with van der Waals surface area (Å²) < 4.78 is 15.2. The Kier molecular flexibility index (Phi) is 12.1. The van der Waals surface area contributed by atoms with Gasteiger partial charge in [-0.3, -0.25) is 0 Å². The topological polar surface area (TPSA) is 143 Å². The summed E-state index contributed by atoms with van der Waals surface area (Å²) in [5, 5.41) is 35.1. The molecule has 0 saturated heterocycles. The molecule has 8 aromatic rings. The molecule has 18 heteroatoms. The van der Waals surface area contributed by atoms with Crippen LogP contribution < -0.4 is 0 Å². The normalized spacial score (nSPS) is 11.1. The minimum Gasteiger partial charge on any atom is -0.248 e. The van der Waals surface area contributed by atoms with Crippen LogP contribution in [0.5, 0.6) is 0 Å². The second-order valence-corrected chi connectivity index (χ2v) is 10.3. The Morgan fingerprint density at radius 1 is 0.271 bits per heavy atom. The van der Waals surface area contributed by atoms with Gasteiger partial charge in [0.15, 0.2) is 0 Å². The first-order chi connectivity index (χ1) is 22.8. The van der Waals surface area contributed by atoms with Crippen LogP contribution in [0.1, 0.15) is 37.5 Å². The fourth-order valence-electron chi connectivity index (χ4n) is 5.38. The Bertz CT molecular complexity index is 1480. The third-order valence-corrected chi connectivity index (χ3v) is 7.49. The van der Waals surface area contributed by atoms with Crippen LogP contribution in [0.3, 0.4) is 0 Å². The van der Waals surface area contributed by atoms with Crippen LogP contribution in [0.4, 0.5) is 0 Å². The van der Waals surface area contributed by atoms with Crippen molar-refractivity contribution in [3.05, 3.63) is 148 Å². The van der Waals surface area contributed by atoms with Crippen LogP contribution in [-0.2, 0) is 44.8 Å². The first-order valence-corrected chi connectivity index (χ1v) is 14.8. The van der Waals surface area contributed by atoms with Gasteiger partial charge < -0.3 is 0 Å². The third-order valence-electron chi connectivity index (χ3n) is 7.49.